The molecule has 6 nitrogen and oxygen atoms in total. The lowest BCUT2D eigenvalue weighted by Gasteiger charge is -2.08. The van der Waals surface area contributed by atoms with Crippen molar-refractivity contribution in [2.24, 2.45) is 0 Å². The number of aromatic amines is 1. The van der Waals surface area contributed by atoms with Gasteiger partial charge in [-0.1, -0.05) is 12.1 Å². The van der Waals surface area contributed by atoms with Gasteiger partial charge in [0.25, 0.3) is 0 Å². The van der Waals surface area contributed by atoms with Gasteiger partial charge in [-0.3, -0.25) is 9.59 Å². The van der Waals surface area contributed by atoms with Crippen molar-refractivity contribution in [3.05, 3.63) is 30.0 Å². The van der Waals surface area contributed by atoms with Gasteiger partial charge in [0, 0.05) is 18.1 Å². The van der Waals surface area contributed by atoms with E-state index in [0.29, 0.717) is 5.75 Å². The molecule has 0 aliphatic heterocycles. The second-order valence-corrected chi connectivity index (χ2v) is 5.41. The number of esters is 1. The number of aromatic nitrogens is 1. The Morgan fingerprint density at radius 3 is 2.73 bits per heavy atom. The van der Waals surface area contributed by atoms with E-state index in [1.54, 1.807) is 6.07 Å². The molecule has 0 bridgehead atoms. The van der Waals surface area contributed by atoms with Crippen molar-refractivity contribution < 1.29 is 19.4 Å². The molecule has 0 unspecified atom stereocenters. The van der Waals surface area contributed by atoms with Crippen LogP contribution >= 0.6 is 0 Å². The van der Waals surface area contributed by atoms with Gasteiger partial charge < -0.3 is 19.7 Å². The monoisotopic (exact) mass is 304 g/mol. The van der Waals surface area contributed by atoms with Crippen LogP contribution in [0.4, 0.5) is 0 Å². The predicted octanol–water partition coefficient (Wildman–Crippen LogP) is 2.04. The molecule has 6 heteroatoms. The van der Waals surface area contributed by atoms with Crippen molar-refractivity contribution in [1.82, 2.24) is 9.88 Å². The first kappa shape index (κ1) is 16.0. The second kappa shape index (κ2) is 7.09. The molecule has 2 aromatic rings. The molecule has 2 N–H and O–H groups in total. The van der Waals surface area contributed by atoms with Gasteiger partial charge in [-0.25, -0.2) is 0 Å². The molecule has 22 heavy (non-hydrogen) atoms. The van der Waals surface area contributed by atoms with E-state index in [0.717, 1.165) is 29.4 Å². The fraction of sp³-hybridized carbons (Fsp3) is 0.375. The average molecular weight is 304 g/mol. The Morgan fingerprint density at radius 1 is 1.27 bits per heavy atom. The number of aliphatic carboxylic acids is 1. The molecule has 1 aromatic carbocycles. The average Bonchev–Trinajstić information content (AvgIpc) is 2.87. The van der Waals surface area contributed by atoms with Gasteiger partial charge in [-0.05, 0) is 32.1 Å². The van der Waals surface area contributed by atoms with E-state index in [1.807, 2.05) is 32.4 Å². The molecule has 0 saturated heterocycles. The molecular weight excluding hydrogens is 284 g/mol. The molecule has 0 fully saturated rings. The molecular formula is C16H20N2O4. The molecule has 0 saturated carbocycles. The highest BCUT2D eigenvalue weighted by molar-refractivity contribution is 5.90. The zero-order valence-electron chi connectivity index (χ0n) is 12.8. The molecule has 0 atom stereocenters. The van der Waals surface area contributed by atoms with E-state index in [-0.39, 0.29) is 12.8 Å². The Morgan fingerprint density at radius 2 is 2.05 bits per heavy atom. The van der Waals surface area contributed by atoms with Crippen molar-refractivity contribution >= 4 is 22.8 Å². The molecule has 1 aromatic heterocycles. The van der Waals surface area contributed by atoms with Crippen LogP contribution in [0.3, 0.4) is 0 Å². The van der Waals surface area contributed by atoms with Gasteiger partial charge in [0.2, 0.25) is 0 Å². The fourth-order valence-electron chi connectivity index (χ4n) is 2.20. The number of carboxylic acid groups (broad SMARTS) is 1. The standard InChI is InChI=1S/C16H20N2O4/c1-18(2)9-8-11-10-17-16-12(11)4-3-5-13(16)22-15(21)7-6-14(19)20/h3-5,10,17H,6-9H2,1-2H3,(H,19,20). The summed E-state index contributed by atoms with van der Waals surface area (Å²) in [5.41, 5.74) is 1.92. The number of hydrogen-bond donors (Lipinski definition) is 2. The van der Waals surface area contributed by atoms with Crippen LogP contribution in [-0.2, 0) is 16.0 Å². The van der Waals surface area contributed by atoms with E-state index >= 15 is 0 Å². The SMILES string of the molecule is CN(C)CCc1c[nH]c2c(OC(=O)CCC(=O)O)cccc12. The topological polar surface area (TPSA) is 82.6 Å². The van der Waals surface area contributed by atoms with Crippen molar-refractivity contribution in [3.63, 3.8) is 0 Å². The first-order chi connectivity index (χ1) is 10.5. The number of nitrogens with zero attached hydrogens (tertiary/aromatic N) is 1. The summed E-state index contributed by atoms with van der Waals surface area (Å²) in [6.07, 6.45) is 2.44. The van der Waals surface area contributed by atoms with Crippen LogP contribution in [-0.4, -0.2) is 47.6 Å². The van der Waals surface area contributed by atoms with Crippen LogP contribution in [0.1, 0.15) is 18.4 Å². The molecule has 118 valence electrons. The highest BCUT2D eigenvalue weighted by Crippen LogP contribution is 2.28. The summed E-state index contributed by atoms with van der Waals surface area (Å²) in [4.78, 5) is 27.4. The number of carbonyl (C=O) groups is 2. The second-order valence-electron chi connectivity index (χ2n) is 5.41. The summed E-state index contributed by atoms with van der Waals surface area (Å²) in [7, 11) is 4.04. The maximum atomic E-state index is 11.7. The normalized spacial score (nSPS) is 11.0. The van der Waals surface area contributed by atoms with Crippen molar-refractivity contribution in [2.45, 2.75) is 19.3 Å². The van der Waals surface area contributed by atoms with Crippen LogP contribution in [0.15, 0.2) is 24.4 Å². The summed E-state index contributed by atoms with van der Waals surface area (Å²) in [5.74, 6) is -1.12. The number of ether oxygens (including phenoxy) is 1. The summed E-state index contributed by atoms with van der Waals surface area (Å²) >= 11 is 0. The number of nitrogens with one attached hydrogen (secondary N) is 1. The van der Waals surface area contributed by atoms with Gasteiger partial charge in [-0.2, -0.15) is 0 Å². The molecule has 0 aliphatic carbocycles. The minimum atomic E-state index is -1.01. The van der Waals surface area contributed by atoms with Crippen molar-refractivity contribution in [1.29, 1.82) is 0 Å². The maximum Gasteiger partial charge on any atom is 0.311 e. The van der Waals surface area contributed by atoms with Crippen molar-refractivity contribution in [2.75, 3.05) is 20.6 Å². The third kappa shape index (κ3) is 4.08. The quantitative estimate of drug-likeness (QED) is 0.604. The van der Waals surface area contributed by atoms with E-state index in [1.165, 1.54) is 0 Å². The Bertz CT molecular complexity index is 676. The van der Waals surface area contributed by atoms with Gasteiger partial charge in [0.15, 0.2) is 5.75 Å². The van der Waals surface area contributed by atoms with Crippen LogP contribution in [0.2, 0.25) is 0 Å². The number of rotatable bonds is 7. The van der Waals surface area contributed by atoms with E-state index in [4.69, 9.17) is 9.84 Å². The smallest absolute Gasteiger partial charge is 0.311 e. The van der Waals surface area contributed by atoms with Crippen LogP contribution in [0.25, 0.3) is 10.9 Å². The van der Waals surface area contributed by atoms with E-state index < -0.39 is 11.9 Å². The van der Waals surface area contributed by atoms with Crippen LogP contribution in [0, 0.1) is 0 Å². The van der Waals surface area contributed by atoms with Crippen LogP contribution < -0.4 is 4.74 Å². The Labute approximate surface area is 128 Å². The summed E-state index contributed by atoms with van der Waals surface area (Å²) in [5, 5.41) is 9.61. The molecule has 0 aliphatic rings. The Kier molecular flexibility index (Phi) is 5.16. The molecule has 2 rings (SSSR count). The number of likely N-dealkylation sites (N-methyl/N-ethyl adjacent to an activating group) is 1. The number of benzene rings is 1. The zero-order valence-corrected chi connectivity index (χ0v) is 12.8. The highest BCUT2D eigenvalue weighted by atomic mass is 16.5. The summed E-state index contributed by atoms with van der Waals surface area (Å²) < 4.78 is 5.27. The van der Waals surface area contributed by atoms with Crippen molar-refractivity contribution in [3.8, 4) is 5.75 Å². The predicted molar refractivity (Wildman–Crippen MR) is 83.1 cm³/mol. The summed E-state index contributed by atoms with van der Waals surface area (Å²) in [6.45, 7) is 0.926. The first-order valence-corrected chi connectivity index (χ1v) is 7.13. The number of carboxylic acids is 1. The number of hydrogen-bond acceptors (Lipinski definition) is 4. The van der Waals surface area contributed by atoms with E-state index in [9.17, 15) is 9.59 Å². The number of para-hydroxylation sites is 1. The maximum absolute atomic E-state index is 11.7. The lowest BCUT2D eigenvalue weighted by atomic mass is 10.1. The number of H-pyrrole nitrogens is 1. The fourth-order valence-corrected chi connectivity index (χ4v) is 2.20. The van der Waals surface area contributed by atoms with Gasteiger partial charge >= 0.3 is 11.9 Å². The number of fused-ring (bicyclic) bond motifs is 1. The minimum absolute atomic E-state index is 0.139. The first-order valence-electron chi connectivity index (χ1n) is 7.13. The third-order valence-electron chi connectivity index (χ3n) is 3.36. The van der Waals surface area contributed by atoms with Gasteiger partial charge in [0.05, 0.1) is 18.4 Å². The Hall–Kier alpha value is -2.34. The highest BCUT2D eigenvalue weighted by Gasteiger charge is 2.13. The molecule has 1 heterocycles. The minimum Gasteiger partial charge on any atom is -0.481 e. The van der Waals surface area contributed by atoms with Gasteiger partial charge in [0.1, 0.15) is 0 Å². The summed E-state index contributed by atoms with van der Waals surface area (Å²) in [6, 6.07) is 5.51. The van der Waals surface area contributed by atoms with Gasteiger partial charge in [-0.15, -0.1) is 0 Å². The van der Waals surface area contributed by atoms with E-state index in [2.05, 4.69) is 9.88 Å². The van der Waals surface area contributed by atoms with Crippen LogP contribution in [0.5, 0.6) is 5.75 Å². The molecule has 0 amide bonds. The largest absolute Gasteiger partial charge is 0.481 e. The lowest BCUT2D eigenvalue weighted by molar-refractivity contribution is -0.142. The number of carbonyl (C=O) groups excluding carboxylic acids is 1. The third-order valence-corrected chi connectivity index (χ3v) is 3.36. The molecule has 0 radical (unpaired) electrons. The zero-order chi connectivity index (χ0) is 16.1. The molecule has 0 spiro atoms. The lowest BCUT2D eigenvalue weighted by Crippen LogP contribution is -2.14. The Balaban J connectivity index is 2.14.